The van der Waals surface area contributed by atoms with Gasteiger partial charge in [0.25, 0.3) is 0 Å². The van der Waals surface area contributed by atoms with Crippen LogP contribution in [0.4, 0.5) is 0 Å². The molecule has 0 saturated carbocycles. The van der Waals surface area contributed by atoms with Crippen molar-refractivity contribution in [2.45, 2.75) is 6.42 Å². The van der Waals surface area contributed by atoms with E-state index in [1.165, 1.54) is 5.56 Å². The van der Waals surface area contributed by atoms with Crippen molar-refractivity contribution in [3.05, 3.63) is 83.7 Å². The molecule has 1 N–H and O–H groups in total. The van der Waals surface area contributed by atoms with Gasteiger partial charge in [-0.25, -0.2) is 0 Å². The van der Waals surface area contributed by atoms with Crippen LogP contribution < -0.4 is 0 Å². The molecule has 1 aromatic heterocycles. The second kappa shape index (κ2) is 5.46. The summed E-state index contributed by atoms with van der Waals surface area (Å²) >= 11 is 0. The van der Waals surface area contributed by atoms with Crippen LogP contribution in [0.1, 0.15) is 16.8 Å². The van der Waals surface area contributed by atoms with Gasteiger partial charge < -0.3 is 4.98 Å². The molecule has 3 aromatic rings. The standard InChI is InChI=1S/C18H14N2/c19-12-16-13-20-17(11-14-7-3-1-4-8-14)18(16)15-9-5-2-6-10-15/h1-10,13,20H,11H2. The Bertz CT molecular complexity index is 734. The first-order valence-corrected chi connectivity index (χ1v) is 6.58. The quantitative estimate of drug-likeness (QED) is 0.753. The molecule has 0 aliphatic heterocycles. The Morgan fingerprint density at radius 1 is 0.900 bits per heavy atom. The van der Waals surface area contributed by atoms with Crippen molar-refractivity contribution < 1.29 is 0 Å². The lowest BCUT2D eigenvalue weighted by Gasteiger charge is -2.05. The van der Waals surface area contributed by atoms with Crippen LogP contribution in [0.25, 0.3) is 11.1 Å². The predicted octanol–water partition coefficient (Wildman–Crippen LogP) is 4.14. The number of rotatable bonds is 3. The maximum Gasteiger partial charge on any atom is 0.101 e. The van der Waals surface area contributed by atoms with Gasteiger partial charge in [0.05, 0.1) is 5.56 Å². The number of nitriles is 1. The Morgan fingerprint density at radius 3 is 2.20 bits per heavy atom. The Balaban J connectivity index is 2.05. The summed E-state index contributed by atoms with van der Waals surface area (Å²) in [5.41, 5.74) is 5.10. The van der Waals surface area contributed by atoms with Crippen LogP contribution in [0.5, 0.6) is 0 Å². The number of aromatic nitrogens is 1. The smallest absolute Gasteiger partial charge is 0.101 e. The van der Waals surface area contributed by atoms with E-state index in [1.807, 2.05) is 48.5 Å². The summed E-state index contributed by atoms with van der Waals surface area (Å²) in [5, 5.41) is 9.29. The molecule has 0 amide bonds. The summed E-state index contributed by atoms with van der Waals surface area (Å²) in [6.07, 6.45) is 2.59. The SMILES string of the molecule is N#Cc1c[nH]c(Cc2ccccc2)c1-c1ccccc1. The fraction of sp³-hybridized carbons (Fsp3) is 0.0556. The van der Waals surface area contributed by atoms with Gasteiger partial charge in [-0.1, -0.05) is 60.7 Å². The minimum absolute atomic E-state index is 0.696. The summed E-state index contributed by atoms with van der Waals surface area (Å²) in [6.45, 7) is 0. The van der Waals surface area contributed by atoms with Gasteiger partial charge in [0.1, 0.15) is 6.07 Å². The third-order valence-corrected chi connectivity index (χ3v) is 3.37. The highest BCUT2D eigenvalue weighted by atomic mass is 14.7. The third-order valence-electron chi connectivity index (χ3n) is 3.37. The minimum atomic E-state index is 0.696. The van der Waals surface area contributed by atoms with Crippen LogP contribution in [0, 0.1) is 11.3 Å². The van der Waals surface area contributed by atoms with E-state index in [0.29, 0.717) is 5.56 Å². The van der Waals surface area contributed by atoms with Crippen molar-refractivity contribution >= 4 is 0 Å². The zero-order valence-corrected chi connectivity index (χ0v) is 11.0. The average molecular weight is 258 g/mol. The highest BCUT2D eigenvalue weighted by Crippen LogP contribution is 2.28. The van der Waals surface area contributed by atoms with E-state index in [4.69, 9.17) is 0 Å². The van der Waals surface area contributed by atoms with E-state index in [9.17, 15) is 5.26 Å². The Labute approximate surface area is 118 Å². The van der Waals surface area contributed by atoms with Crippen LogP contribution in [-0.2, 0) is 6.42 Å². The third kappa shape index (κ3) is 2.34. The lowest BCUT2D eigenvalue weighted by Crippen LogP contribution is -1.91. The molecule has 96 valence electrons. The van der Waals surface area contributed by atoms with Crippen molar-refractivity contribution in [2.24, 2.45) is 0 Å². The molecule has 2 heteroatoms. The molecule has 0 atom stereocenters. The molecule has 20 heavy (non-hydrogen) atoms. The Morgan fingerprint density at radius 2 is 1.55 bits per heavy atom. The van der Waals surface area contributed by atoms with Crippen LogP contribution in [0.3, 0.4) is 0 Å². The number of nitrogens with one attached hydrogen (secondary N) is 1. The van der Waals surface area contributed by atoms with E-state index in [-0.39, 0.29) is 0 Å². The van der Waals surface area contributed by atoms with Gasteiger partial charge in [-0.3, -0.25) is 0 Å². The molecular weight excluding hydrogens is 244 g/mol. The van der Waals surface area contributed by atoms with E-state index >= 15 is 0 Å². The van der Waals surface area contributed by atoms with Gasteiger partial charge in [0.2, 0.25) is 0 Å². The van der Waals surface area contributed by atoms with Crippen molar-refractivity contribution in [1.82, 2.24) is 4.98 Å². The van der Waals surface area contributed by atoms with Gasteiger partial charge in [0, 0.05) is 23.9 Å². The number of H-pyrrole nitrogens is 1. The lowest BCUT2D eigenvalue weighted by atomic mass is 9.98. The van der Waals surface area contributed by atoms with Gasteiger partial charge in [-0.15, -0.1) is 0 Å². The van der Waals surface area contributed by atoms with E-state index < -0.39 is 0 Å². The van der Waals surface area contributed by atoms with Crippen molar-refractivity contribution in [3.63, 3.8) is 0 Å². The van der Waals surface area contributed by atoms with Crippen molar-refractivity contribution in [1.29, 1.82) is 5.26 Å². The second-order valence-electron chi connectivity index (χ2n) is 4.70. The molecule has 3 rings (SSSR count). The molecule has 0 unspecified atom stereocenters. The Kier molecular flexibility index (Phi) is 3.34. The van der Waals surface area contributed by atoms with Gasteiger partial charge in [0.15, 0.2) is 0 Å². The van der Waals surface area contributed by atoms with Gasteiger partial charge in [-0.2, -0.15) is 5.26 Å². The Hall–Kier alpha value is -2.79. The summed E-state index contributed by atoms with van der Waals surface area (Å²) in [6, 6.07) is 22.6. The molecule has 0 bridgehead atoms. The molecule has 0 aliphatic carbocycles. The molecule has 0 spiro atoms. The second-order valence-corrected chi connectivity index (χ2v) is 4.70. The fourth-order valence-electron chi connectivity index (χ4n) is 2.43. The van der Waals surface area contributed by atoms with Crippen LogP contribution >= 0.6 is 0 Å². The number of nitrogens with zero attached hydrogens (tertiary/aromatic N) is 1. The van der Waals surface area contributed by atoms with Crippen LogP contribution in [0.2, 0.25) is 0 Å². The highest BCUT2D eigenvalue weighted by molar-refractivity contribution is 5.73. The molecular formula is C18H14N2. The van der Waals surface area contributed by atoms with Crippen LogP contribution in [0.15, 0.2) is 66.9 Å². The molecule has 0 aliphatic rings. The molecule has 0 saturated heterocycles. The molecule has 2 nitrogen and oxygen atoms in total. The fourth-order valence-corrected chi connectivity index (χ4v) is 2.43. The predicted molar refractivity (Wildman–Crippen MR) is 80.2 cm³/mol. The zero-order chi connectivity index (χ0) is 13.8. The maximum absolute atomic E-state index is 9.29. The largest absolute Gasteiger partial charge is 0.363 e. The van der Waals surface area contributed by atoms with E-state index in [2.05, 4.69) is 23.2 Å². The summed E-state index contributed by atoms with van der Waals surface area (Å²) in [7, 11) is 0. The number of hydrogen-bond acceptors (Lipinski definition) is 1. The monoisotopic (exact) mass is 258 g/mol. The van der Waals surface area contributed by atoms with Gasteiger partial charge >= 0.3 is 0 Å². The first-order valence-electron chi connectivity index (χ1n) is 6.58. The normalized spacial score (nSPS) is 10.2. The zero-order valence-electron chi connectivity index (χ0n) is 11.0. The van der Waals surface area contributed by atoms with Crippen molar-refractivity contribution in [2.75, 3.05) is 0 Å². The topological polar surface area (TPSA) is 39.6 Å². The van der Waals surface area contributed by atoms with E-state index in [0.717, 1.165) is 23.2 Å². The van der Waals surface area contributed by atoms with Gasteiger partial charge in [-0.05, 0) is 11.1 Å². The summed E-state index contributed by atoms with van der Waals surface area (Å²) in [5.74, 6) is 0. The molecule has 2 aromatic carbocycles. The molecule has 0 radical (unpaired) electrons. The maximum atomic E-state index is 9.29. The number of aromatic amines is 1. The average Bonchev–Trinajstić information content (AvgIpc) is 2.92. The summed E-state index contributed by atoms with van der Waals surface area (Å²) in [4.78, 5) is 3.25. The number of benzene rings is 2. The molecule has 1 heterocycles. The minimum Gasteiger partial charge on any atom is -0.363 e. The first kappa shape index (κ1) is 12.3. The number of hydrogen-bond donors (Lipinski definition) is 1. The highest BCUT2D eigenvalue weighted by Gasteiger charge is 2.13. The van der Waals surface area contributed by atoms with Crippen LogP contribution in [-0.4, -0.2) is 4.98 Å². The molecule has 0 fully saturated rings. The van der Waals surface area contributed by atoms with Crippen molar-refractivity contribution in [3.8, 4) is 17.2 Å². The summed E-state index contributed by atoms with van der Waals surface area (Å²) < 4.78 is 0. The first-order chi connectivity index (χ1) is 9.88. The van der Waals surface area contributed by atoms with E-state index in [1.54, 1.807) is 6.20 Å². The lowest BCUT2D eigenvalue weighted by molar-refractivity contribution is 1.11.